The normalized spacial score (nSPS) is 24.0. The van der Waals surface area contributed by atoms with Crippen LogP contribution in [0.1, 0.15) is 40.7 Å². The lowest BCUT2D eigenvalue weighted by molar-refractivity contribution is -0.116. The summed E-state index contributed by atoms with van der Waals surface area (Å²) >= 11 is 0. The zero-order valence-corrected chi connectivity index (χ0v) is 17.7. The van der Waals surface area contributed by atoms with Crippen molar-refractivity contribution in [1.82, 2.24) is 10.3 Å². The van der Waals surface area contributed by atoms with Gasteiger partial charge in [-0.25, -0.2) is 9.37 Å². The number of pyridine rings is 1. The second kappa shape index (κ2) is 7.03. The Bertz CT molecular complexity index is 1330. The fourth-order valence-electron chi connectivity index (χ4n) is 4.84. The molecule has 2 amide bonds. The zero-order chi connectivity index (χ0) is 22.7. The van der Waals surface area contributed by atoms with Gasteiger partial charge < -0.3 is 20.1 Å². The van der Waals surface area contributed by atoms with Crippen LogP contribution in [0.25, 0.3) is 0 Å². The number of amides is 2. The molecule has 6 rings (SSSR count). The van der Waals surface area contributed by atoms with Crippen LogP contribution in [0.2, 0.25) is 0 Å². The van der Waals surface area contributed by atoms with E-state index in [0.717, 1.165) is 16.9 Å². The summed E-state index contributed by atoms with van der Waals surface area (Å²) in [6, 6.07) is 13.0. The molecule has 1 aromatic heterocycles. The fraction of sp³-hybridized carbons (Fsp3) is 0.240. The van der Waals surface area contributed by atoms with Gasteiger partial charge in [0.25, 0.3) is 5.91 Å². The Kier molecular flexibility index (Phi) is 4.20. The Hall–Kier alpha value is -3.94. The van der Waals surface area contributed by atoms with E-state index in [4.69, 9.17) is 9.47 Å². The third kappa shape index (κ3) is 3.13. The van der Waals surface area contributed by atoms with Crippen molar-refractivity contribution in [2.45, 2.75) is 37.3 Å². The van der Waals surface area contributed by atoms with Crippen LogP contribution in [-0.4, -0.2) is 28.4 Å². The lowest BCUT2D eigenvalue weighted by Gasteiger charge is -2.19. The van der Waals surface area contributed by atoms with Crippen molar-refractivity contribution in [2.75, 3.05) is 5.32 Å². The van der Waals surface area contributed by atoms with E-state index >= 15 is 0 Å². The number of hydrogen-bond donors (Lipinski definition) is 2. The van der Waals surface area contributed by atoms with Crippen LogP contribution >= 0.6 is 0 Å². The Morgan fingerprint density at radius 2 is 2.09 bits per heavy atom. The van der Waals surface area contributed by atoms with E-state index in [-0.39, 0.29) is 23.4 Å². The number of carbonyl (C=O) groups is 2. The highest BCUT2D eigenvalue weighted by molar-refractivity contribution is 5.95. The van der Waals surface area contributed by atoms with Gasteiger partial charge in [-0.15, -0.1) is 0 Å². The summed E-state index contributed by atoms with van der Waals surface area (Å²) in [4.78, 5) is 28.5. The first-order valence-electron chi connectivity index (χ1n) is 10.8. The average Bonchev–Trinajstić information content (AvgIpc) is 3.22. The Labute approximate surface area is 188 Å². The topological polar surface area (TPSA) is 89.6 Å². The zero-order valence-electron chi connectivity index (χ0n) is 17.7. The molecule has 1 unspecified atom stereocenters. The number of fused-ring (bicyclic) bond motifs is 4. The van der Waals surface area contributed by atoms with Crippen LogP contribution in [-0.2, 0) is 11.2 Å². The Morgan fingerprint density at radius 1 is 1.24 bits per heavy atom. The minimum atomic E-state index is -0.581. The van der Waals surface area contributed by atoms with E-state index in [2.05, 4.69) is 15.6 Å². The number of ether oxygens (including phenoxy) is 2. The second-order valence-electron chi connectivity index (χ2n) is 8.68. The molecule has 1 saturated carbocycles. The maximum atomic E-state index is 14.0. The largest absolute Gasteiger partial charge is 0.484 e. The first-order valence-corrected chi connectivity index (χ1v) is 10.8. The first kappa shape index (κ1) is 19.7. The molecule has 3 aromatic rings. The third-order valence-electron chi connectivity index (χ3n) is 6.61. The Morgan fingerprint density at radius 3 is 2.94 bits per heavy atom. The van der Waals surface area contributed by atoms with Crippen LogP contribution in [0, 0.1) is 5.82 Å². The van der Waals surface area contributed by atoms with Crippen LogP contribution in [0.5, 0.6) is 17.2 Å². The van der Waals surface area contributed by atoms with Crippen LogP contribution < -0.4 is 20.1 Å². The van der Waals surface area contributed by atoms with Gasteiger partial charge in [-0.2, -0.15) is 0 Å². The van der Waals surface area contributed by atoms with E-state index in [1.165, 1.54) is 12.1 Å². The van der Waals surface area contributed by atoms with E-state index in [1.54, 1.807) is 24.4 Å². The number of anilines is 1. The molecule has 0 spiro atoms. The predicted molar refractivity (Wildman–Crippen MR) is 117 cm³/mol. The number of nitrogens with zero attached hydrogens (tertiary/aromatic N) is 1. The average molecular weight is 445 g/mol. The highest BCUT2D eigenvalue weighted by Gasteiger charge is 2.70. The monoisotopic (exact) mass is 445 g/mol. The molecule has 1 fully saturated rings. The van der Waals surface area contributed by atoms with Gasteiger partial charge in [-0.1, -0.05) is 12.1 Å². The van der Waals surface area contributed by atoms with Crippen molar-refractivity contribution in [1.29, 1.82) is 0 Å². The summed E-state index contributed by atoms with van der Waals surface area (Å²) < 4.78 is 26.3. The van der Waals surface area contributed by atoms with Crippen LogP contribution in [0.3, 0.4) is 0 Å². The molecule has 0 bridgehead atoms. The van der Waals surface area contributed by atoms with E-state index in [0.29, 0.717) is 30.2 Å². The number of hydrogen-bond acceptors (Lipinski definition) is 5. The molecule has 2 N–H and O–H groups in total. The molecule has 2 aliphatic heterocycles. The van der Waals surface area contributed by atoms with Crippen molar-refractivity contribution < 1.29 is 23.5 Å². The van der Waals surface area contributed by atoms with Crippen LogP contribution in [0.4, 0.5) is 10.2 Å². The molecule has 2 aromatic carbocycles. The van der Waals surface area contributed by atoms with Crippen molar-refractivity contribution in [3.8, 4) is 17.2 Å². The van der Waals surface area contributed by atoms with E-state index in [9.17, 15) is 14.0 Å². The van der Waals surface area contributed by atoms with Crippen molar-refractivity contribution >= 4 is 17.6 Å². The van der Waals surface area contributed by atoms with Gasteiger partial charge in [0, 0.05) is 23.7 Å². The lowest BCUT2D eigenvalue weighted by atomic mass is 10.1. The summed E-state index contributed by atoms with van der Waals surface area (Å²) in [6.07, 6.45) is 2.54. The molecule has 7 nitrogen and oxygen atoms in total. The summed E-state index contributed by atoms with van der Waals surface area (Å²) in [6.45, 7) is 1.94. The van der Waals surface area contributed by atoms with Gasteiger partial charge in [0.15, 0.2) is 0 Å². The highest BCUT2D eigenvalue weighted by atomic mass is 19.1. The molecule has 3 atom stereocenters. The predicted octanol–water partition coefficient (Wildman–Crippen LogP) is 3.94. The van der Waals surface area contributed by atoms with Gasteiger partial charge in [-0.05, 0) is 49.7 Å². The van der Waals surface area contributed by atoms with Crippen molar-refractivity contribution in [2.24, 2.45) is 0 Å². The summed E-state index contributed by atoms with van der Waals surface area (Å²) in [5.74, 6) is 1.40. The third-order valence-corrected chi connectivity index (χ3v) is 6.61. The molecule has 3 aliphatic rings. The number of aromatic nitrogens is 1. The highest BCUT2D eigenvalue weighted by Crippen LogP contribution is 2.62. The maximum absolute atomic E-state index is 14.0. The van der Waals surface area contributed by atoms with Gasteiger partial charge in [0.1, 0.15) is 34.5 Å². The van der Waals surface area contributed by atoms with Gasteiger partial charge in [-0.3, -0.25) is 9.59 Å². The molecule has 33 heavy (non-hydrogen) atoms. The maximum Gasteiger partial charge on any atom is 0.254 e. The number of benzene rings is 2. The number of rotatable bonds is 4. The quantitative estimate of drug-likeness (QED) is 0.635. The molecule has 166 valence electrons. The SMILES string of the molecule is CC12Oc3ccc(Oc4ccnc5c4CCC(=O)N5)cc3[C@H]1[C@@H]2NC(=O)c1ccccc1F. The standard InChI is InChI=1S/C25H20FN3O4/c1-25-21(22(25)29-24(31)14-4-2-3-5-17(14)26)16-12-13(6-8-19(16)33-25)32-18-10-11-27-23-15(18)7-9-20(30)28-23/h2-6,8,10-12,21-22H,7,9H2,1H3,(H,29,31)(H,27,28,30)/t21-,22-,25?/m0/s1. The first-order chi connectivity index (χ1) is 15.9. The fourth-order valence-corrected chi connectivity index (χ4v) is 4.84. The summed E-state index contributed by atoms with van der Waals surface area (Å²) in [7, 11) is 0. The smallest absolute Gasteiger partial charge is 0.254 e. The summed E-state index contributed by atoms with van der Waals surface area (Å²) in [5.41, 5.74) is 1.23. The Balaban J connectivity index is 1.23. The van der Waals surface area contributed by atoms with E-state index < -0.39 is 17.3 Å². The molecule has 8 heteroatoms. The summed E-state index contributed by atoms with van der Waals surface area (Å²) in [5, 5.41) is 5.69. The molecule has 1 aliphatic carbocycles. The van der Waals surface area contributed by atoms with Gasteiger partial charge >= 0.3 is 0 Å². The molecular formula is C25H20FN3O4. The minimum Gasteiger partial charge on any atom is -0.484 e. The van der Waals surface area contributed by atoms with Crippen LogP contribution in [0.15, 0.2) is 54.7 Å². The minimum absolute atomic E-state index is 0.0120. The lowest BCUT2D eigenvalue weighted by Crippen LogP contribution is -2.34. The molecule has 3 heterocycles. The molecule has 0 radical (unpaired) electrons. The van der Waals surface area contributed by atoms with Crippen molar-refractivity contribution in [3.63, 3.8) is 0 Å². The molecular weight excluding hydrogens is 425 g/mol. The van der Waals surface area contributed by atoms with Gasteiger partial charge in [0.2, 0.25) is 5.91 Å². The second-order valence-corrected chi connectivity index (χ2v) is 8.68. The number of carbonyl (C=O) groups excluding carboxylic acids is 2. The number of nitrogens with one attached hydrogen (secondary N) is 2. The van der Waals surface area contributed by atoms with E-state index in [1.807, 2.05) is 25.1 Å². The van der Waals surface area contributed by atoms with Crippen molar-refractivity contribution in [3.05, 3.63) is 77.2 Å². The van der Waals surface area contributed by atoms with Gasteiger partial charge in [0.05, 0.1) is 17.5 Å². The number of halogens is 1. The molecule has 0 saturated heterocycles.